The Hall–Kier alpha value is -3.12. The second-order valence-corrected chi connectivity index (χ2v) is 7.51. The number of hydrogen-bond acceptors (Lipinski definition) is 3. The molecule has 0 spiro atoms. The van der Waals surface area contributed by atoms with Gasteiger partial charge in [0.15, 0.2) is 11.0 Å². The Labute approximate surface area is 162 Å². The summed E-state index contributed by atoms with van der Waals surface area (Å²) in [7, 11) is 5.93. The molecular weight excluding hydrogens is 354 g/mol. The van der Waals surface area contributed by atoms with Crippen molar-refractivity contribution < 1.29 is 19.0 Å². The largest absolute Gasteiger partial charge is 0.507 e. The lowest BCUT2D eigenvalue weighted by atomic mass is 10.0. The predicted molar refractivity (Wildman–Crippen MR) is 109 cm³/mol. The van der Waals surface area contributed by atoms with Crippen LogP contribution in [-0.4, -0.2) is 24.2 Å². The molecule has 2 aromatic carbocycles. The van der Waals surface area contributed by atoms with Crippen LogP contribution in [0.5, 0.6) is 5.75 Å². The molecule has 6 heteroatoms. The van der Waals surface area contributed by atoms with Crippen molar-refractivity contribution in [3.8, 4) is 17.1 Å². The number of aromatic amines is 1. The fourth-order valence-electron chi connectivity index (χ4n) is 3.79. The Kier molecular flexibility index (Phi) is 4.43. The van der Waals surface area contributed by atoms with Gasteiger partial charge in [0.1, 0.15) is 29.7 Å². The molecule has 4 rings (SSSR count). The molecule has 0 aliphatic rings. The van der Waals surface area contributed by atoms with Crippen LogP contribution in [0, 0.1) is 0 Å². The Morgan fingerprint density at radius 3 is 2.68 bits per heavy atom. The number of hydrogen-bond donors (Lipinski definition) is 3. The van der Waals surface area contributed by atoms with Crippen molar-refractivity contribution in [2.24, 2.45) is 7.05 Å². The highest BCUT2D eigenvalue weighted by molar-refractivity contribution is 5.86. The van der Waals surface area contributed by atoms with Crippen LogP contribution >= 0.6 is 0 Å². The van der Waals surface area contributed by atoms with Crippen molar-refractivity contribution in [1.82, 2.24) is 4.98 Å². The molecule has 0 saturated carbocycles. The zero-order chi connectivity index (χ0) is 20.0. The number of aromatic hydroxyl groups is 1. The van der Waals surface area contributed by atoms with Crippen molar-refractivity contribution in [2.75, 3.05) is 14.1 Å². The maximum Gasteiger partial charge on any atom is 0.294 e. The first kappa shape index (κ1) is 18.3. The molecule has 144 valence electrons. The van der Waals surface area contributed by atoms with Crippen LogP contribution in [0.1, 0.15) is 18.1 Å². The minimum Gasteiger partial charge on any atom is -0.507 e. The fourth-order valence-corrected chi connectivity index (χ4v) is 3.79. The summed E-state index contributed by atoms with van der Waals surface area (Å²) in [6.07, 6.45) is 2.14. The molecule has 2 aromatic heterocycles. The molecule has 3 N–H and O–H groups in total. The predicted octanol–water partition coefficient (Wildman–Crippen LogP) is 1.68. The Morgan fingerprint density at radius 1 is 1.25 bits per heavy atom. The number of imidazole rings is 1. The SMILES string of the molecule is CCc1cc2c(=O)c(-c3[nH]c4ccccc4[n+]3C)coc2c(C[NH+](C)C)c1O. The standard InChI is InChI=1S/C22H23N3O3/c1-5-13-10-14-20(27)16(12-28-21(14)15(19(13)26)11-24(2)3)22-23-17-8-6-7-9-18(17)25(22)4/h6-10,12H,5,11H2,1-4H3,(H,26,27)/p+2. The lowest BCUT2D eigenvalue weighted by Gasteiger charge is -2.14. The molecular formula is C22H25N3O3+2. The van der Waals surface area contributed by atoms with Gasteiger partial charge in [0, 0.05) is 0 Å². The number of phenols is 1. The van der Waals surface area contributed by atoms with E-state index in [0.717, 1.165) is 21.5 Å². The summed E-state index contributed by atoms with van der Waals surface area (Å²) in [5.74, 6) is 0.922. The maximum absolute atomic E-state index is 13.4. The normalized spacial score (nSPS) is 11.8. The van der Waals surface area contributed by atoms with Gasteiger partial charge < -0.3 is 14.4 Å². The number of H-pyrrole nitrogens is 1. The van der Waals surface area contributed by atoms with E-state index in [1.54, 1.807) is 6.07 Å². The van der Waals surface area contributed by atoms with Gasteiger partial charge in [0.2, 0.25) is 5.43 Å². The van der Waals surface area contributed by atoms with Crippen LogP contribution in [0.3, 0.4) is 0 Å². The summed E-state index contributed by atoms with van der Waals surface area (Å²) in [5.41, 5.74) is 4.23. The van der Waals surface area contributed by atoms with Crippen molar-refractivity contribution in [3.05, 3.63) is 57.9 Å². The molecule has 2 heterocycles. The van der Waals surface area contributed by atoms with Crippen LogP contribution in [0.25, 0.3) is 33.4 Å². The fraction of sp³-hybridized carbons (Fsp3) is 0.273. The summed E-state index contributed by atoms with van der Waals surface area (Å²) >= 11 is 0. The minimum atomic E-state index is -0.104. The zero-order valence-corrected chi connectivity index (χ0v) is 16.6. The minimum absolute atomic E-state index is 0.104. The van der Waals surface area contributed by atoms with Crippen molar-refractivity contribution in [2.45, 2.75) is 19.9 Å². The van der Waals surface area contributed by atoms with Crippen molar-refractivity contribution >= 4 is 22.0 Å². The Balaban J connectivity index is 2.02. The number of nitrogens with zero attached hydrogens (tertiary/aromatic N) is 1. The maximum atomic E-state index is 13.4. The monoisotopic (exact) mass is 379 g/mol. The van der Waals surface area contributed by atoms with Gasteiger partial charge in [0.05, 0.1) is 32.1 Å². The van der Waals surface area contributed by atoms with Crippen LogP contribution in [0.2, 0.25) is 0 Å². The lowest BCUT2D eigenvalue weighted by molar-refractivity contribution is -0.872. The third-order valence-corrected chi connectivity index (χ3v) is 5.23. The van der Waals surface area contributed by atoms with Gasteiger partial charge in [-0.1, -0.05) is 19.1 Å². The summed E-state index contributed by atoms with van der Waals surface area (Å²) in [6, 6.07) is 9.67. The zero-order valence-electron chi connectivity index (χ0n) is 16.6. The summed E-state index contributed by atoms with van der Waals surface area (Å²) in [4.78, 5) is 17.9. The number of aryl methyl sites for hydroxylation is 2. The van der Waals surface area contributed by atoms with Gasteiger partial charge in [0.25, 0.3) is 5.82 Å². The smallest absolute Gasteiger partial charge is 0.294 e. The van der Waals surface area contributed by atoms with E-state index in [1.165, 1.54) is 6.26 Å². The Morgan fingerprint density at radius 2 is 2.00 bits per heavy atom. The van der Waals surface area contributed by atoms with E-state index in [9.17, 15) is 9.90 Å². The first-order valence-corrected chi connectivity index (χ1v) is 9.47. The number of benzene rings is 2. The molecule has 0 atom stereocenters. The van der Waals surface area contributed by atoms with Crippen LogP contribution in [0.4, 0.5) is 0 Å². The topological polar surface area (TPSA) is 74.5 Å². The van der Waals surface area contributed by atoms with Crippen molar-refractivity contribution in [1.29, 1.82) is 0 Å². The van der Waals surface area contributed by atoms with E-state index in [4.69, 9.17) is 4.42 Å². The summed E-state index contributed by atoms with van der Waals surface area (Å²) in [6.45, 7) is 2.54. The van der Waals surface area contributed by atoms with Gasteiger partial charge >= 0.3 is 0 Å². The number of quaternary nitrogens is 1. The number of rotatable bonds is 4. The first-order valence-electron chi connectivity index (χ1n) is 9.47. The lowest BCUT2D eigenvalue weighted by Crippen LogP contribution is -3.04. The number of fused-ring (bicyclic) bond motifs is 2. The van der Waals surface area contributed by atoms with Crippen molar-refractivity contribution in [3.63, 3.8) is 0 Å². The molecule has 0 saturated heterocycles. The number of aromatic nitrogens is 2. The van der Waals surface area contributed by atoms with Gasteiger partial charge in [-0.3, -0.25) is 4.79 Å². The van der Waals surface area contributed by atoms with Crippen LogP contribution in [-0.2, 0) is 20.0 Å². The summed E-state index contributed by atoms with van der Waals surface area (Å²) < 4.78 is 7.89. The second kappa shape index (κ2) is 6.80. The molecule has 0 aliphatic heterocycles. The highest BCUT2D eigenvalue weighted by atomic mass is 16.3. The average Bonchev–Trinajstić information content (AvgIpc) is 3.01. The molecule has 28 heavy (non-hydrogen) atoms. The van der Waals surface area contributed by atoms with Gasteiger partial charge in [-0.05, 0) is 30.2 Å². The van der Waals surface area contributed by atoms with Gasteiger partial charge in [-0.15, -0.1) is 0 Å². The van der Waals surface area contributed by atoms with E-state index in [-0.39, 0.29) is 11.2 Å². The third-order valence-electron chi connectivity index (χ3n) is 5.23. The third kappa shape index (κ3) is 2.77. The van der Waals surface area contributed by atoms with Gasteiger partial charge in [-0.25, -0.2) is 9.55 Å². The van der Waals surface area contributed by atoms with Crippen LogP contribution in [0.15, 0.2) is 45.8 Å². The van der Waals surface area contributed by atoms with E-state index in [2.05, 4.69) is 4.98 Å². The number of phenolic OH excluding ortho intramolecular Hbond substituents is 1. The molecule has 0 bridgehead atoms. The van der Waals surface area contributed by atoms with Crippen LogP contribution < -0.4 is 14.9 Å². The highest BCUT2D eigenvalue weighted by Gasteiger charge is 2.24. The first-order chi connectivity index (χ1) is 13.4. The number of nitrogens with one attached hydrogen (secondary N) is 2. The molecule has 0 fully saturated rings. The molecule has 0 aliphatic carbocycles. The summed E-state index contributed by atoms with van der Waals surface area (Å²) in [5, 5.41) is 11.2. The molecule has 4 aromatic rings. The average molecular weight is 379 g/mol. The van der Waals surface area contributed by atoms with E-state index in [0.29, 0.717) is 40.9 Å². The van der Waals surface area contributed by atoms with E-state index >= 15 is 0 Å². The number of para-hydroxylation sites is 2. The van der Waals surface area contributed by atoms with Gasteiger partial charge in [-0.2, -0.15) is 0 Å². The molecule has 6 nitrogen and oxygen atoms in total. The highest BCUT2D eigenvalue weighted by Crippen LogP contribution is 2.31. The Bertz CT molecular complexity index is 1250. The molecule has 0 unspecified atom stereocenters. The molecule has 0 radical (unpaired) electrons. The second-order valence-electron chi connectivity index (χ2n) is 7.51. The van der Waals surface area contributed by atoms with E-state index < -0.39 is 0 Å². The molecule has 0 amide bonds. The van der Waals surface area contributed by atoms with E-state index in [1.807, 2.05) is 56.9 Å². The quantitative estimate of drug-likeness (QED) is 0.472.